The molecule has 0 radical (unpaired) electrons. The van der Waals surface area contributed by atoms with E-state index in [0.717, 1.165) is 16.9 Å². The fourth-order valence-electron chi connectivity index (χ4n) is 4.02. The van der Waals surface area contributed by atoms with Crippen LogP contribution in [0.1, 0.15) is 43.0 Å². The summed E-state index contributed by atoms with van der Waals surface area (Å²) in [5.74, 6) is 2.46. The molecule has 3 nitrogen and oxygen atoms in total. The summed E-state index contributed by atoms with van der Waals surface area (Å²) in [6.45, 7) is 2.17. The van der Waals surface area contributed by atoms with Crippen molar-refractivity contribution in [2.24, 2.45) is 17.8 Å². The third kappa shape index (κ3) is 2.58. The molecule has 1 heterocycles. The van der Waals surface area contributed by atoms with Gasteiger partial charge in [-0.3, -0.25) is 4.79 Å². The molecule has 0 aliphatic heterocycles. The highest BCUT2D eigenvalue weighted by atomic mass is 32.2. The van der Waals surface area contributed by atoms with Crippen molar-refractivity contribution in [3.05, 3.63) is 23.9 Å². The third-order valence-corrected chi connectivity index (χ3v) is 5.71. The van der Waals surface area contributed by atoms with Crippen LogP contribution in [0.2, 0.25) is 0 Å². The normalized spacial score (nSPS) is 29.4. The second-order valence-electron chi connectivity index (χ2n) is 6.16. The van der Waals surface area contributed by atoms with Gasteiger partial charge in [0.25, 0.3) is 5.91 Å². The van der Waals surface area contributed by atoms with Gasteiger partial charge in [-0.2, -0.15) is 0 Å². The van der Waals surface area contributed by atoms with E-state index in [1.165, 1.54) is 37.4 Å². The first kappa shape index (κ1) is 13.9. The Morgan fingerprint density at radius 1 is 1.45 bits per heavy atom. The Bertz CT molecular complexity index is 505. The van der Waals surface area contributed by atoms with Gasteiger partial charge in [-0.05, 0) is 62.3 Å². The smallest absolute Gasteiger partial charge is 0.254 e. The van der Waals surface area contributed by atoms with E-state index in [0.29, 0.717) is 11.5 Å². The van der Waals surface area contributed by atoms with E-state index < -0.39 is 0 Å². The number of fused-ring (bicyclic) bond motifs is 2. The molecule has 0 unspecified atom stereocenters. The average molecular weight is 290 g/mol. The predicted octanol–water partition coefficient (Wildman–Crippen LogP) is 3.36. The molecule has 2 fully saturated rings. The lowest BCUT2D eigenvalue weighted by Gasteiger charge is -2.28. The number of amides is 1. The molecule has 1 aromatic heterocycles. The minimum absolute atomic E-state index is 0.0257. The minimum Gasteiger partial charge on any atom is -0.349 e. The summed E-state index contributed by atoms with van der Waals surface area (Å²) >= 11 is 1.52. The lowest BCUT2D eigenvalue weighted by atomic mass is 9.84. The van der Waals surface area contributed by atoms with Crippen LogP contribution in [0.3, 0.4) is 0 Å². The molecule has 0 aromatic carbocycles. The number of carbonyl (C=O) groups is 1. The van der Waals surface area contributed by atoms with Gasteiger partial charge in [-0.25, -0.2) is 4.98 Å². The highest BCUT2D eigenvalue weighted by molar-refractivity contribution is 7.98. The molecule has 2 aliphatic carbocycles. The van der Waals surface area contributed by atoms with Crippen LogP contribution in [0.15, 0.2) is 23.4 Å². The van der Waals surface area contributed by atoms with Crippen LogP contribution in [0.4, 0.5) is 0 Å². The van der Waals surface area contributed by atoms with E-state index in [1.807, 2.05) is 18.4 Å². The topological polar surface area (TPSA) is 42.0 Å². The molecule has 0 spiro atoms. The predicted molar refractivity (Wildman–Crippen MR) is 81.9 cm³/mol. The average Bonchev–Trinajstić information content (AvgIpc) is 3.09. The molecule has 3 rings (SSSR count). The summed E-state index contributed by atoms with van der Waals surface area (Å²) < 4.78 is 0. The van der Waals surface area contributed by atoms with Crippen molar-refractivity contribution in [3.8, 4) is 0 Å². The van der Waals surface area contributed by atoms with E-state index in [2.05, 4.69) is 17.2 Å². The molecule has 2 saturated carbocycles. The van der Waals surface area contributed by atoms with E-state index in [9.17, 15) is 4.79 Å². The second-order valence-corrected chi connectivity index (χ2v) is 6.96. The highest BCUT2D eigenvalue weighted by Gasteiger charge is 2.42. The molecular weight excluding hydrogens is 268 g/mol. The lowest BCUT2D eigenvalue weighted by molar-refractivity contribution is 0.0911. The molecule has 20 heavy (non-hydrogen) atoms. The summed E-state index contributed by atoms with van der Waals surface area (Å²) in [5, 5.41) is 4.02. The Morgan fingerprint density at radius 2 is 2.30 bits per heavy atom. The number of pyridine rings is 1. The van der Waals surface area contributed by atoms with Crippen LogP contribution in [0, 0.1) is 17.8 Å². The van der Waals surface area contributed by atoms with Crippen molar-refractivity contribution in [1.82, 2.24) is 10.3 Å². The van der Waals surface area contributed by atoms with Crippen molar-refractivity contribution < 1.29 is 4.79 Å². The molecule has 2 aliphatic rings. The van der Waals surface area contributed by atoms with Crippen LogP contribution < -0.4 is 5.32 Å². The van der Waals surface area contributed by atoms with Gasteiger partial charge >= 0.3 is 0 Å². The zero-order valence-corrected chi connectivity index (χ0v) is 13.0. The Labute approximate surface area is 124 Å². The summed E-state index contributed by atoms with van der Waals surface area (Å²) in [6.07, 6.45) is 9.14. The second kappa shape index (κ2) is 5.76. The Hall–Kier alpha value is -1.03. The first-order chi connectivity index (χ1) is 9.69. The van der Waals surface area contributed by atoms with Gasteiger partial charge in [0.05, 0.1) is 5.56 Å². The van der Waals surface area contributed by atoms with Gasteiger partial charge in [0.1, 0.15) is 5.03 Å². The van der Waals surface area contributed by atoms with Crippen molar-refractivity contribution in [3.63, 3.8) is 0 Å². The van der Waals surface area contributed by atoms with Crippen molar-refractivity contribution in [2.45, 2.75) is 43.7 Å². The molecule has 4 heteroatoms. The quantitative estimate of drug-likeness (QED) is 0.865. The number of nitrogens with one attached hydrogen (secondary N) is 1. The first-order valence-corrected chi connectivity index (χ1v) is 8.71. The molecule has 0 saturated heterocycles. The van der Waals surface area contributed by atoms with E-state index in [-0.39, 0.29) is 11.9 Å². The van der Waals surface area contributed by atoms with Crippen LogP contribution in [0.25, 0.3) is 0 Å². The highest BCUT2D eigenvalue weighted by Crippen LogP contribution is 2.49. The summed E-state index contributed by atoms with van der Waals surface area (Å²) in [4.78, 5) is 16.7. The van der Waals surface area contributed by atoms with Gasteiger partial charge < -0.3 is 5.32 Å². The molecule has 1 N–H and O–H groups in total. The number of hydrogen-bond acceptors (Lipinski definition) is 3. The molecule has 2 bridgehead atoms. The SMILES string of the molecule is CSc1ncccc1C(=O)N[C@H](C)[C@H]1C[C@H]2CC[C@H]1C2. The van der Waals surface area contributed by atoms with Gasteiger partial charge in [0, 0.05) is 12.2 Å². The zero-order valence-electron chi connectivity index (χ0n) is 12.1. The van der Waals surface area contributed by atoms with Crippen molar-refractivity contribution in [1.29, 1.82) is 0 Å². The molecule has 4 atom stereocenters. The van der Waals surface area contributed by atoms with Gasteiger partial charge in [-0.15, -0.1) is 11.8 Å². The molecule has 1 amide bonds. The van der Waals surface area contributed by atoms with Crippen LogP contribution in [0.5, 0.6) is 0 Å². The van der Waals surface area contributed by atoms with Crippen LogP contribution in [-0.2, 0) is 0 Å². The minimum atomic E-state index is 0.0257. The fraction of sp³-hybridized carbons (Fsp3) is 0.625. The number of rotatable bonds is 4. The monoisotopic (exact) mass is 290 g/mol. The zero-order chi connectivity index (χ0) is 14.1. The largest absolute Gasteiger partial charge is 0.349 e. The Kier molecular flexibility index (Phi) is 4.01. The van der Waals surface area contributed by atoms with Gasteiger partial charge in [-0.1, -0.05) is 6.42 Å². The number of nitrogens with zero attached hydrogens (tertiary/aromatic N) is 1. The molecule has 1 aromatic rings. The number of hydrogen-bond donors (Lipinski definition) is 1. The third-order valence-electron chi connectivity index (χ3n) is 5.00. The van der Waals surface area contributed by atoms with Gasteiger partial charge in [0.2, 0.25) is 0 Å². The Balaban J connectivity index is 1.66. The molecular formula is C16H22N2OS. The van der Waals surface area contributed by atoms with Crippen LogP contribution in [-0.4, -0.2) is 23.2 Å². The van der Waals surface area contributed by atoms with E-state index in [4.69, 9.17) is 0 Å². The fourth-order valence-corrected chi connectivity index (χ4v) is 4.57. The maximum Gasteiger partial charge on any atom is 0.254 e. The summed E-state index contributed by atoms with van der Waals surface area (Å²) in [5.41, 5.74) is 0.704. The van der Waals surface area contributed by atoms with Gasteiger partial charge in [0.15, 0.2) is 0 Å². The molecule has 108 valence electrons. The lowest BCUT2D eigenvalue weighted by Crippen LogP contribution is -2.40. The summed E-state index contributed by atoms with van der Waals surface area (Å²) in [7, 11) is 0. The number of thioether (sulfide) groups is 1. The maximum absolute atomic E-state index is 12.4. The van der Waals surface area contributed by atoms with Crippen molar-refractivity contribution in [2.75, 3.05) is 6.26 Å². The van der Waals surface area contributed by atoms with Crippen molar-refractivity contribution >= 4 is 17.7 Å². The Morgan fingerprint density at radius 3 is 2.95 bits per heavy atom. The van der Waals surface area contributed by atoms with E-state index in [1.54, 1.807) is 6.20 Å². The first-order valence-electron chi connectivity index (χ1n) is 7.49. The summed E-state index contributed by atoms with van der Waals surface area (Å²) in [6, 6.07) is 3.96. The number of carbonyl (C=O) groups excluding carboxylic acids is 1. The van der Waals surface area contributed by atoms with E-state index >= 15 is 0 Å². The van der Waals surface area contributed by atoms with Crippen LogP contribution >= 0.6 is 11.8 Å². The maximum atomic E-state index is 12.4. The standard InChI is InChI=1S/C16H22N2OS/c1-10(14-9-11-5-6-12(14)8-11)18-15(19)13-4-3-7-17-16(13)20-2/h3-4,7,10-12,14H,5-6,8-9H2,1-2H3,(H,18,19)/t10-,11+,12+,14-/m1/s1. The number of aromatic nitrogens is 1.